The quantitative estimate of drug-likeness (QED) is 0.127. The normalized spacial score (nSPS) is 16.3. The third kappa shape index (κ3) is 5.03. The number of aromatic nitrogens is 1. The van der Waals surface area contributed by atoms with Crippen molar-refractivity contribution in [1.29, 1.82) is 0 Å². The molecule has 9 heteroatoms. The molecule has 6 rings (SSSR count). The lowest BCUT2D eigenvalue weighted by Crippen LogP contribution is -2.29. The average molecular weight is 567 g/mol. The first kappa shape index (κ1) is 26.2. The summed E-state index contributed by atoms with van der Waals surface area (Å²) in [6, 6.07) is 25.6. The Morgan fingerprint density at radius 3 is 2.44 bits per heavy atom. The fraction of sp³-hybridized carbons (Fsp3) is 0.0938. The molecule has 1 N–H and O–H groups in total. The second kappa shape index (κ2) is 10.9. The van der Waals surface area contributed by atoms with E-state index in [0.717, 1.165) is 4.70 Å². The van der Waals surface area contributed by atoms with Crippen LogP contribution in [0.4, 0.5) is 9.52 Å². The smallest absolute Gasteiger partial charge is 0.301 e. The third-order valence-corrected chi connectivity index (χ3v) is 7.60. The van der Waals surface area contributed by atoms with Crippen molar-refractivity contribution in [3.05, 3.63) is 120 Å². The largest absolute Gasteiger partial charge is 0.507 e. The van der Waals surface area contributed by atoms with E-state index in [-0.39, 0.29) is 16.3 Å². The predicted octanol–water partition coefficient (Wildman–Crippen LogP) is 7.25. The van der Waals surface area contributed by atoms with Crippen molar-refractivity contribution in [2.75, 3.05) is 11.5 Å². The minimum absolute atomic E-state index is 0.132. The Balaban J connectivity index is 1.50. The van der Waals surface area contributed by atoms with E-state index in [4.69, 9.17) is 9.47 Å². The number of aliphatic hydroxyl groups excluding tert-OH is 1. The van der Waals surface area contributed by atoms with Gasteiger partial charge in [-0.25, -0.2) is 9.37 Å². The minimum Gasteiger partial charge on any atom is -0.507 e. The van der Waals surface area contributed by atoms with Crippen LogP contribution in [-0.2, 0) is 9.59 Å². The van der Waals surface area contributed by atoms with Crippen LogP contribution in [0, 0.1) is 5.82 Å². The van der Waals surface area contributed by atoms with Crippen molar-refractivity contribution in [1.82, 2.24) is 4.98 Å². The summed E-state index contributed by atoms with van der Waals surface area (Å²) in [4.78, 5) is 33.1. The molecule has 5 aromatic rings. The van der Waals surface area contributed by atoms with Gasteiger partial charge in [0.1, 0.15) is 28.8 Å². The van der Waals surface area contributed by atoms with Gasteiger partial charge in [0, 0.05) is 5.56 Å². The number of nitrogens with zero attached hydrogens (tertiary/aromatic N) is 2. The number of aliphatic hydroxyl groups is 1. The number of hydrogen-bond donors (Lipinski definition) is 1. The van der Waals surface area contributed by atoms with Crippen molar-refractivity contribution in [3.63, 3.8) is 0 Å². The number of carbonyl (C=O) groups excluding carboxylic acids is 2. The number of anilines is 1. The fourth-order valence-corrected chi connectivity index (χ4v) is 5.75. The van der Waals surface area contributed by atoms with Gasteiger partial charge in [-0.3, -0.25) is 14.5 Å². The number of fused-ring (bicyclic) bond motifs is 1. The number of thiazole rings is 1. The summed E-state index contributed by atoms with van der Waals surface area (Å²) in [6.07, 6.45) is 0. The van der Waals surface area contributed by atoms with E-state index in [0.29, 0.717) is 34.9 Å². The molecule has 1 unspecified atom stereocenters. The van der Waals surface area contributed by atoms with Crippen LogP contribution < -0.4 is 14.4 Å². The highest BCUT2D eigenvalue weighted by Gasteiger charge is 2.48. The maximum absolute atomic E-state index is 13.6. The summed E-state index contributed by atoms with van der Waals surface area (Å²) in [5.74, 6) is -0.864. The van der Waals surface area contributed by atoms with E-state index >= 15 is 0 Å². The Labute approximate surface area is 238 Å². The molecule has 1 aliphatic rings. The highest BCUT2D eigenvalue weighted by atomic mass is 32.1. The highest BCUT2D eigenvalue weighted by molar-refractivity contribution is 7.22. The summed E-state index contributed by atoms with van der Waals surface area (Å²) < 4.78 is 26.0. The number of hydrogen-bond acceptors (Lipinski definition) is 7. The van der Waals surface area contributed by atoms with Crippen LogP contribution in [0.5, 0.6) is 17.2 Å². The summed E-state index contributed by atoms with van der Waals surface area (Å²) in [5, 5.41) is 11.6. The molecule has 1 aromatic heterocycles. The Hall–Kier alpha value is -5.02. The maximum atomic E-state index is 13.6. The molecule has 1 saturated heterocycles. The summed E-state index contributed by atoms with van der Waals surface area (Å²) in [6.45, 7) is 2.38. The van der Waals surface area contributed by atoms with Crippen LogP contribution in [0.15, 0.2) is 103 Å². The number of halogens is 1. The lowest BCUT2D eigenvalue weighted by molar-refractivity contribution is -0.132. The number of para-hydroxylation sites is 1. The minimum atomic E-state index is -1.02. The summed E-state index contributed by atoms with van der Waals surface area (Å²) in [7, 11) is 0. The van der Waals surface area contributed by atoms with Gasteiger partial charge >= 0.3 is 5.91 Å². The predicted molar refractivity (Wildman–Crippen MR) is 155 cm³/mol. The standard InChI is InChI=1S/C32H23FN2O5S/c1-2-39-23-15-16-25-26(18-23)41-32(34-25)35-28(20-7-6-10-24(17-20)40-22-8-4-3-5-9-22)27(30(37)31(35)38)29(36)19-11-13-21(33)14-12-19/h3-18,28,36H,2H2,1H3. The second-order valence-corrected chi connectivity index (χ2v) is 10.2. The van der Waals surface area contributed by atoms with E-state index in [1.807, 2.05) is 43.3 Å². The van der Waals surface area contributed by atoms with Gasteiger partial charge in [-0.05, 0) is 79.2 Å². The average Bonchev–Trinajstić information content (AvgIpc) is 3.51. The van der Waals surface area contributed by atoms with Crippen molar-refractivity contribution in [2.45, 2.75) is 13.0 Å². The monoisotopic (exact) mass is 566 g/mol. The molecule has 1 amide bonds. The van der Waals surface area contributed by atoms with Gasteiger partial charge in [0.05, 0.1) is 28.4 Å². The Kier molecular flexibility index (Phi) is 6.94. The zero-order valence-electron chi connectivity index (χ0n) is 21.8. The molecule has 0 aliphatic carbocycles. The van der Waals surface area contributed by atoms with Gasteiger partial charge in [-0.2, -0.15) is 0 Å². The number of ether oxygens (including phenoxy) is 2. The highest BCUT2D eigenvalue weighted by Crippen LogP contribution is 2.45. The molecular formula is C32H23FN2O5S. The Morgan fingerprint density at radius 1 is 0.927 bits per heavy atom. The van der Waals surface area contributed by atoms with E-state index in [9.17, 15) is 19.1 Å². The molecule has 1 fully saturated rings. The van der Waals surface area contributed by atoms with Gasteiger partial charge < -0.3 is 14.6 Å². The molecular weight excluding hydrogens is 543 g/mol. The molecule has 4 aromatic carbocycles. The van der Waals surface area contributed by atoms with Crippen molar-refractivity contribution < 1.29 is 28.6 Å². The van der Waals surface area contributed by atoms with Crippen LogP contribution >= 0.6 is 11.3 Å². The molecule has 7 nitrogen and oxygen atoms in total. The first-order valence-electron chi connectivity index (χ1n) is 12.9. The van der Waals surface area contributed by atoms with Crippen LogP contribution in [0.1, 0.15) is 24.1 Å². The summed E-state index contributed by atoms with van der Waals surface area (Å²) in [5.41, 5.74) is 1.23. The molecule has 204 valence electrons. The molecule has 0 bridgehead atoms. The Bertz CT molecular complexity index is 1800. The van der Waals surface area contributed by atoms with E-state index in [2.05, 4.69) is 4.98 Å². The van der Waals surface area contributed by atoms with Gasteiger partial charge in [0.25, 0.3) is 5.78 Å². The van der Waals surface area contributed by atoms with Crippen LogP contribution in [-0.4, -0.2) is 28.4 Å². The fourth-order valence-electron chi connectivity index (χ4n) is 4.73. The van der Waals surface area contributed by atoms with Gasteiger partial charge in [0.2, 0.25) is 0 Å². The number of ketones is 1. The van der Waals surface area contributed by atoms with Crippen LogP contribution in [0.2, 0.25) is 0 Å². The molecule has 0 saturated carbocycles. The number of carbonyl (C=O) groups is 2. The Morgan fingerprint density at radius 2 is 1.68 bits per heavy atom. The second-order valence-electron chi connectivity index (χ2n) is 9.22. The maximum Gasteiger partial charge on any atom is 0.301 e. The van der Waals surface area contributed by atoms with Crippen molar-refractivity contribution >= 4 is 44.1 Å². The van der Waals surface area contributed by atoms with Crippen LogP contribution in [0.25, 0.3) is 16.0 Å². The first-order valence-corrected chi connectivity index (χ1v) is 13.7. The number of benzene rings is 4. The van der Waals surface area contributed by atoms with E-state index in [1.165, 1.54) is 40.5 Å². The number of Topliss-reactive ketones (excluding diaryl/α,β-unsaturated/α-hetero) is 1. The number of rotatable bonds is 7. The lowest BCUT2D eigenvalue weighted by atomic mass is 9.95. The molecule has 1 aliphatic heterocycles. The molecule has 41 heavy (non-hydrogen) atoms. The molecule has 2 heterocycles. The topological polar surface area (TPSA) is 89.0 Å². The van der Waals surface area contributed by atoms with Gasteiger partial charge in [-0.1, -0.05) is 41.7 Å². The van der Waals surface area contributed by atoms with Crippen molar-refractivity contribution in [3.8, 4) is 17.2 Å². The summed E-state index contributed by atoms with van der Waals surface area (Å²) >= 11 is 1.23. The lowest BCUT2D eigenvalue weighted by Gasteiger charge is -2.23. The van der Waals surface area contributed by atoms with E-state index in [1.54, 1.807) is 36.4 Å². The molecule has 0 radical (unpaired) electrons. The third-order valence-electron chi connectivity index (χ3n) is 6.58. The van der Waals surface area contributed by atoms with Gasteiger partial charge in [0.15, 0.2) is 5.13 Å². The van der Waals surface area contributed by atoms with Gasteiger partial charge in [-0.15, -0.1) is 0 Å². The van der Waals surface area contributed by atoms with E-state index < -0.39 is 29.3 Å². The SMILES string of the molecule is CCOc1ccc2nc(N3C(=O)C(=O)C(=C(O)c4ccc(F)cc4)C3c3cccc(Oc4ccccc4)c3)sc2c1. The van der Waals surface area contributed by atoms with Crippen molar-refractivity contribution in [2.24, 2.45) is 0 Å². The zero-order chi connectivity index (χ0) is 28.5. The first-order chi connectivity index (χ1) is 19.9. The molecule has 0 spiro atoms. The van der Waals surface area contributed by atoms with Crippen LogP contribution in [0.3, 0.4) is 0 Å². The zero-order valence-corrected chi connectivity index (χ0v) is 22.6. The number of amides is 1. The molecule has 1 atom stereocenters.